The van der Waals surface area contributed by atoms with Crippen molar-refractivity contribution in [3.8, 4) is 6.07 Å². The molecular formula is C6H11IN2S. The maximum atomic E-state index is 8.32. The van der Waals surface area contributed by atoms with E-state index in [0.717, 1.165) is 12.8 Å². The number of nitriles is 1. The molecule has 0 bridgehead atoms. The molecule has 0 heterocycles. The lowest BCUT2D eigenvalue weighted by Gasteiger charge is -1.87. The van der Waals surface area contributed by atoms with E-state index in [0.29, 0.717) is 5.92 Å². The van der Waals surface area contributed by atoms with E-state index < -0.39 is 0 Å². The molecule has 0 aromatic heterocycles. The Morgan fingerprint density at radius 2 is 1.90 bits per heavy atom. The fourth-order valence-corrected chi connectivity index (χ4v) is 1.05. The third kappa shape index (κ3) is 5.33. The molecule has 0 spiro atoms. The van der Waals surface area contributed by atoms with Crippen molar-refractivity contribution in [2.45, 2.75) is 25.7 Å². The van der Waals surface area contributed by atoms with Gasteiger partial charge in [0.15, 0.2) is 0 Å². The highest BCUT2D eigenvalue weighted by atomic mass is 127. The van der Waals surface area contributed by atoms with Gasteiger partial charge in [0, 0.05) is 27.1 Å². The van der Waals surface area contributed by atoms with Crippen LogP contribution in [-0.2, 0) is 0 Å². The number of rotatable bonds is 0. The lowest BCUT2D eigenvalue weighted by atomic mass is 10.1. The van der Waals surface area contributed by atoms with Crippen LogP contribution in [0.15, 0.2) is 0 Å². The number of hydrogen-bond donors (Lipinski definition) is 1. The molecule has 1 fully saturated rings. The summed E-state index contributed by atoms with van der Waals surface area (Å²) in [5.74, 6) is 0.403. The van der Waals surface area contributed by atoms with Crippen LogP contribution in [0.4, 0.5) is 0 Å². The highest BCUT2D eigenvalue weighted by molar-refractivity contribution is 14.2. The number of hydrogen-bond acceptors (Lipinski definition) is 3. The minimum Gasteiger partial charge on any atom is -0.269 e. The van der Waals surface area contributed by atoms with Crippen LogP contribution in [-0.4, -0.2) is 0 Å². The van der Waals surface area contributed by atoms with Gasteiger partial charge >= 0.3 is 0 Å². The quantitative estimate of drug-likeness (QED) is 0.543. The molecule has 10 heavy (non-hydrogen) atoms. The predicted octanol–water partition coefficient (Wildman–Crippen LogP) is 2.64. The first kappa shape index (κ1) is 10.5. The van der Waals surface area contributed by atoms with Gasteiger partial charge in [-0.25, -0.2) is 0 Å². The van der Waals surface area contributed by atoms with Crippen LogP contribution in [0.5, 0.6) is 0 Å². The smallest absolute Gasteiger partial charge is 0.0655 e. The zero-order valence-corrected chi connectivity index (χ0v) is 8.69. The maximum Gasteiger partial charge on any atom is 0.0655 e. The Morgan fingerprint density at radius 3 is 2.10 bits per heavy atom. The van der Waals surface area contributed by atoms with Crippen molar-refractivity contribution in [3.63, 3.8) is 0 Å². The normalized spacial score (nSPS) is 17.3. The van der Waals surface area contributed by atoms with Gasteiger partial charge in [-0.05, 0) is 22.0 Å². The molecule has 1 rings (SSSR count). The maximum absolute atomic E-state index is 8.32. The van der Waals surface area contributed by atoms with E-state index in [9.17, 15) is 0 Å². The van der Waals surface area contributed by atoms with Gasteiger partial charge in [-0.2, -0.15) is 5.26 Å². The van der Waals surface area contributed by atoms with E-state index in [1.54, 1.807) is 0 Å². The first-order valence-electron chi connectivity index (χ1n) is 3.22. The van der Waals surface area contributed by atoms with Crippen molar-refractivity contribution < 1.29 is 0 Å². The highest BCUT2D eigenvalue weighted by Gasteiger charge is 2.12. The fraction of sp³-hybridized carbons (Fsp3) is 0.833. The third-order valence-electron chi connectivity index (χ3n) is 1.54. The van der Waals surface area contributed by atoms with Crippen molar-refractivity contribution in [2.75, 3.05) is 0 Å². The van der Waals surface area contributed by atoms with Gasteiger partial charge in [-0.3, -0.25) is 5.14 Å². The Morgan fingerprint density at radius 1 is 1.50 bits per heavy atom. The summed E-state index contributed by atoms with van der Waals surface area (Å²) in [5, 5.41) is 13.1. The van der Waals surface area contributed by atoms with Crippen LogP contribution in [0.2, 0.25) is 0 Å². The predicted molar refractivity (Wildman–Crippen MR) is 53.4 cm³/mol. The summed E-state index contributed by atoms with van der Waals surface area (Å²) < 4.78 is 0. The van der Waals surface area contributed by atoms with Crippen LogP contribution < -0.4 is 5.14 Å². The molecule has 0 aromatic carbocycles. The molecule has 2 nitrogen and oxygen atoms in total. The van der Waals surface area contributed by atoms with Gasteiger partial charge in [-0.15, -0.1) is 0 Å². The minimum atomic E-state index is 0.403. The summed E-state index contributed by atoms with van der Waals surface area (Å²) in [5.41, 5.74) is 0. The number of halogens is 1. The summed E-state index contributed by atoms with van der Waals surface area (Å²) in [7, 11) is 1.22. The van der Waals surface area contributed by atoms with E-state index in [4.69, 9.17) is 10.4 Å². The van der Waals surface area contributed by atoms with Gasteiger partial charge in [0.2, 0.25) is 0 Å². The van der Waals surface area contributed by atoms with Crippen LogP contribution in [0.3, 0.4) is 0 Å². The molecule has 0 radical (unpaired) electrons. The van der Waals surface area contributed by atoms with Gasteiger partial charge in [0.1, 0.15) is 0 Å². The molecule has 0 atom stereocenters. The number of nitrogens with zero attached hydrogens (tertiary/aromatic N) is 1. The standard InChI is InChI=1S/C6H9N.H2INS/c7-5-6-3-1-2-4-6;1-3-2/h6H,1-4H2;2H2. The van der Waals surface area contributed by atoms with Crippen LogP contribution in [0.25, 0.3) is 0 Å². The molecule has 58 valence electrons. The van der Waals surface area contributed by atoms with Gasteiger partial charge in [-0.1, -0.05) is 12.8 Å². The fourth-order valence-electron chi connectivity index (χ4n) is 1.05. The van der Waals surface area contributed by atoms with E-state index >= 15 is 0 Å². The molecule has 2 N–H and O–H groups in total. The second-order valence-electron chi connectivity index (χ2n) is 2.20. The molecular weight excluding hydrogens is 259 g/mol. The van der Waals surface area contributed by atoms with Crippen molar-refractivity contribution in [1.29, 1.82) is 5.26 Å². The van der Waals surface area contributed by atoms with Gasteiger partial charge < -0.3 is 0 Å². The Kier molecular flexibility index (Phi) is 8.04. The largest absolute Gasteiger partial charge is 0.269 e. The zero-order valence-electron chi connectivity index (χ0n) is 5.72. The number of nitrogens with two attached hydrogens (primary N) is 1. The molecule has 0 aliphatic heterocycles. The Labute approximate surface area is 78.3 Å². The van der Waals surface area contributed by atoms with Crippen molar-refractivity contribution >= 4 is 30.3 Å². The van der Waals surface area contributed by atoms with Crippen LogP contribution in [0, 0.1) is 17.2 Å². The van der Waals surface area contributed by atoms with Crippen LogP contribution >= 0.6 is 30.3 Å². The SMILES string of the molecule is N#CC1CCCC1.NSI. The second kappa shape index (κ2) is 7.63. The molecule has 1 aliphatic rings. The summed E-state index contributed by atoms with van der Waals surface area (Å²) >= 11 is 1.98. The topological polar surface area (TPSA) is 49.8 Å². The summed E-state index contributed by atoms with van der Waals surface area (Å²) in [6.07, 6.45) is 4.85. The van der Waals surface area contributed by atoms with Gasteiger partial charge in [0.25, 0.3) is 0 Å². The molecule has 0 amide bonds. The molecule has 4 heteroatoms. The Bertz CT molecular complexity index is 107. The highest BCUT2D eigenvalue weighted by Crippen LogP contribution is 2.23. The summed E-state index contributed by atoms with van der Waals surface area (Å²) in [6, 6.07) is 2.26. The van der Waals surface area contributed by atoms with E-state index in [2.05, 4.69) is 6.07 Å². The molecule has 0 aromatic rings. The Balaban J connectivity index is 0.000000236. The average Bonchev–Trinajstić information content (AvgIpc) is 2.39. The summed E-state index contributed by atoms with van der Waals surface area (Å²) in [4.78, 5) is 0. The molecule has 1 saturated carbocycles. The minimum absolute atomic E-state index is 0.403. The first-order chi connectivity index (χ1) is 4.85. The lowest BCUT2D eigenvalue weighted by molar-refractivity contribution is 0.701. The van der Waals surface area contributed by atoms with Crippen LogP contribution in [0.1, 0.15) is 25.7 Å². The van der Waals surface area contributed by atoms with E-state index in [-0.39, 0.29) is 0 Å². The lowest BCUT2D eigenvalue weighted by Crippen LogP contribution is -1.83. The van der Waals surface area contributed by atoms with Gasteiger partial charge in [0.05, 0.1) is 6.07 Å². The molecule has 0 unspecified atom stereocenters. The summed E-state index contributed by atoms with van der Waals surface area (Å²) in [6.45, 7) is 0. The second-order valence-corrected chi connectivity index (χ2v) is 3.90. The molecule has 0 saturated heterocycles. The first-order valence-corrected chi connectivity index (χ1v) is 6.64. The molecule has 1 aliphatic carbocycles. The van der Waals surface area contributed by atoms with E-state index in [1.165, 1.54) is 22.0 Å². The third-order valence-corrected chi connectivity index (χ3v) is 1.54. The average molecular weight is 270 g/mol. The van der Waals surface area contributed by atoms with Crippen molar-refractivity contribution in [2.24, 2.45) is 11.1 Å². The Hall–Kier alpha value is 0.530. The zero-order chi connectivity index (χ0) is 7.82. The van der Waals surface area contributed by atoms with E-state index in [1.807, 2.05) is 21.2 Å². The van der Waals surface area contributed by atoms with Crippen molar-refractivity contribution in [3.05, 3.63) is 0 Å². The monoisotopic (exact) mass is 270 g/mol. The van der Waals surface area contributed by atoms with Crippen molar-refractivity contribution in [1.82, 2.24) is 0 Å².